The van der Waals surface area contributed by atoms with Gasteiger partial charge in [-0.3, -0.25) is 9.59 Å². The average molecular weight is 356 g/mol. The van der Waals surface area contributed by atoms with Crippen LogP contribution in [0.5, 0.6) is 0 Å². The van der Waals surface area contributed by atoms with Gasteiger partial charge in [-0.15, -0.1) is 12.4 Å². The van der Waals surface area contributed by atoms with Gasteiger partial charge in [0.15, 0.2) is 0 Å². The van der Waals surface area contributed by atoms with Gasteiger partial charge in [-0.2, -0.15) is 0 Å². The maximum absolute atomic E-state index is 12.5. The van der Waals surface area contributed by atoms with E-state index in [0.29, 0.717) is 44.0 Å². The Morgan fingerprint density at radius 2 is 1.79 bits per heavy atom. The van der Waals surface area contributed by atoms with E-state index in [9.17, 15) is 9.59 Å². The van der Waals surface area contributed by atoms with E-state index < -0.39 is 0 Å². The van der Waals surface area contributed by atoms with Crippen LogP contribution >= 0.6 is 12.4 Å². The molecular weight excluding hydrogens is 330 g/mol. The summed E-state index contributed by atoms with van der Waals surface area (Å²) in [4.78, 5) is 28.3. The van der Waals surface area contributed by atoms with E-state index in [2.05, 4.69) is 5.32 Å². The Morgan fingerprint density at radius 1 is 1.17 bits per heavy atom. The first-order valence-corrected chi connectivity index (χ1v) is 8.39. The second-order valence-electron chi connectivity index (χ2n) is 6.57. The van der Waals surface area contributed by atoms with Gasteiger partial charge >= 0.3 is 0 Å². The standard InChI is InChI=1S/C17H25N3O3.ClH/c1-12-9-15(13(2)23-12)17(22)20-7-5-19(6-8-20)16(21)11-18-10-14-3-4-14;/h9,14,18H,3-8,10-11H2,1-2H3;1H. The topological polar surface area (TPSA) is 65.8 Å². The Bertz CT molecular complexity index is 590. The third-order valence-electron chi connectivity index (χ3n) is 4.60. The molecule has 0 unspecified atom stereocenters. The van der Waals surface area contributed by atoms with E-state index >= 15 is 0 Å². The zero-order valence-electron chi connectivity index (χ0n) is 14.3. The van der Waals surface area contributed by atoms with Crippen molar-refractivity contribution in [2.75, 3.05) is 39.3 Å². The molecule has 0 atom stereocenters. The molecule has 134 valence electrons. The van der Waals surface area contributed by atoms with Crippen LogP contribution in [0.3, 0.4) is 0 Å². The van der Waals surface area contributed by atoms with Crippen LogP contribution in [0.2, 0.25) is 0 Å². The number of rotatable bonds is 5. The van der Waals surface area contributed by atoms with Crippen LogP contribution in [-0.4, -0.2) is 60.9 Å². The van der Waals surface area contributed by atoms with Crippen LogP contribution in [0.4, 0.5) is 0 Å². The number of nitrogens with zero attached hydrogens (tertiary/aromatic N) is 2. The van der Waals surface area contributed by atoms with Crippen LogP contribution in [0.25, 0.3) is 0 Å². The molecule has 6 nitrogen and oxygen atoms in total. The molecule has 2 amide bonds. The van der Waals surface area contributed by atoms with Crippen molar-refractivity contribution in [1.82, 2.24) is 15.1 Å². The number of hydrogen-bond donors (Lipinski definition) is 1. The largest absolute Gasteiger partial charge is 0.466 e. The second-order valence-corrected chi connectivity index (χ2v) is 6.57. The molecule has 1 saturated heterocycles. The monoisotopic (exact) mass is 355 g/mol. The van der Waals surface area contributed by atoms with Gasteiger partial charge in [-0.05, 0) is 45.2 Å². The molecule has 7 heteroatoms. The molecule has 3 rings (SSSR count). The van der Waals surface area contributed by atoms with E-state index in [4.69, 9.17) is 4.42 Å². The zero-order chi connectivity index (χ0) is 16.4. The molecule has 1 aromatic heterocycles. The lowest BCUT2D eigenvalue weighted by Crippen LogP contribution is -2.52. The van der Waals surface area contributed by atoms with Crippen molar-refractivity contribution in [3.05, 3.63) is 23.2 Å². The summed E-state index contributed by atoms with van der Waals surface area (Å²) in [6.45, 7) is 7.37. The number of amides is 2. The Morgan fingerprint density at radius 3 is 2.33 bits per heavy atom. The molecule has 0 radical (unpaired) electrons. The molecule has 2 aliphatic rings. The molecule has 1 aromatic rings. The van der Waals surface area contributed by atoms with Crippen LogP contribution < -0.4 is 5.32 Å². The Labute approximate surface area is 149 Å². The quantitative estimate of drug-likeness (QED) is 0.871. The number of hydrogen-bond acceptors (Lipinski definition) is 4. The first kappa shape index (κ1) is 18.8. The first-order valence-electron chi connectivity index (χ1n) is 8.39. The van der Waals surface area contributed by atoms with Crippen molar-refractivity contribution >= 4 is 24.2 Å². The first-order chi connectivity index (χ1) is 11.0. The van der Waals surface area contributed by atoms with Crippen LogP contribution in [0.1, 0.15) is 34.7 Å². The molecule has 2 heterocycles. The highest BCUT2D eigenvalue weighted by molar-refractivity contribution is 5.95. The lowest BCUT2D eigenvalue weighted by Gasteiger charge is -2.34. The van der Waals surface area contributed by atoms with Crippen LogP contribution in [-0.2, 0) is 4.79 Å². The second kappa shape index (κ2) is 8.03. The number of carbonyl (C=O) groups excluding carboxylic acids is 2. The molecule has 0 bridgehead atoms. The molecule has 1 aliphatic heterocycles. The number of furan rings is 1. The number of halogens is 1. The number of carbonyl (C=O) groups is 2. The third kappa shape index (κ3) is 4.51. The van der Waals surface area contributed by atoms with Gasteiger partial charge in [0.2, 0.25) is 5.91 Å². The Balaban J connectivity index is 0.00000208. The molecule has 1 N–H and O–H groups in total. The van der Waals surface area contributed by atoms with Crippen molar-refractivity contribution in [3.8, 4) is 0 Å². The van der Waals surface area contributed by atoms with Crippen molar-refractivity contribution in [2.24, 2.45) is 5.92 Å². The summed E-state index contributed by atoms with van der Waals surface area (Å²) in [5, 5.41) is 3.23. The van der Waals surface area contributed by atoms with Gasteiger partial charge in [-0.25, -0.2) is 0 Å². The summed E-state index contributed by atoms with van der Waals surface area (Å²) >= 11 is 0. The number of nitrogens with one attached hydrogen (secondary N) is 1. The van der Waals surface area contributed by atoms with Gasteiger partial charge in [0.05, 0.1) is 12.1 Å². The van der Waals surface area contributed by atoms with Crippen molar-refractivity contribution in [2.45, 2.75) is 26.7 Å². The fraction of sp³-hybridized carbons (Fsp3) is 0.647. The molecule has 0 spiro atoms. The van der Waals surface area contributed by atoms with E-state index in [1.807, 2.05) is 18.7 Å². The van der Waals surface area contributed by atoms with Crippen molar-refractivity contribution < 1.29 is 14.0 Å². The molecule has 1 saturated carbocycles. The summed E-state index contributed by atoms with van der Waals surface area (Å²) in [6, 6.07) is 1.79. The number of aryl methyl sites for hydroxylation is 2. The summed E-state index contributed by atoms with van der Waals surface area (Å²) in [7, 11) is 0. The summed E-state index contributed by atoms with van der Waals surface area (Å²) in [5.74, 6) is 2.32. The molecular formula is C17H26ClN3O3. The lowest BCUT2D eigenvalue weighted by molar-refractivity contribution is -0.131. The fourth-order valence-electron chi connectivity index (χ4n) is 2.99. The summed E-state index contributed by atoms with van der Waals surface area (Å²) in [5.41, 5.74) is 0.633. The van der Waals surface area contributed by atoms with Gasteiger partial charge in [0.25, 0.3) is 5.91 Å². The zero-order valence-corrected chi connectivity index (χ0v) is 15.2. The minimum absolute atomic E-state index is 0. The number of piperazine rings is 1. The van der Waals surface area contributed by atoms with E-state index in [1.54, 1.807) is 11.0 Å². The lowest BCUT2D eigenvalue weighted by atomic mass is 10.2. The minimum atomic E-state index is -0.00157. The fourth-order valence-corrected chi connectivity index (χ4v) is 2.99. The molecule has 2 fully saturated rings. The highest BCUT2D eigenvalue weighted by atomic mass is 35.5. The van der Waals surface area contributed by atoms with Gasteiger partial charge < -0.3 is 19.5 Å². The molecule has 24 heavy (non-hydrogen) atoms. The minimum Gasteiger partial charge on any atom is -0.466 e. The third-order valence-corrected chi connectivity index (χ3v) is 4.60. The predicted octanol–water partition coefficient (Wildman–Crippen LogP) is 1.60. The SMILES string of the molecule is Cc1cc(C(=O)N2CCN(C(=O)CNCC3CC3)CC2)c(C)o1.Cl. The van der Waals surface area contributed by atoms with Crippen LogP contribution in [0, 0.1) is 19.8 Å². The maximum Gasteiger partial charge on any atom is 0.257 e. The molecule has 1 aliphatic carbocycles. The molecule has 0 aromatic carbocycles. The van der Waals surface area contributed by atoms with Gasteiger partial charge in [0, 0.05) is 26.2 Å². The van der Waals surface area contributed by atoms with Crippen molar-refractivity contribution in [1.29, 1.82) is 0 Å². The van der Waals surface area contributed by atoms with E-state index in [-0.39, 0.29) is 24.2 Å². The highest BCUT2D eigenvalue weighted by Gasteiger charge is 2.27. The Kier molecular flexibility index (Phi) is 6.29. The predicted molar refractivity (Wildman–Crippen MR) is 93.5 cm³/mol. The smallest absolute Gasteiger partial charge is 0.257 e. The average Bonchev–Trinajstić information content (AvgIpc) is 3.30. The maximum atomic E-state index is 12.5. The Hall–Kier alpha value is -1.53. The van der Waals surface area contributed by atoms with Crippen molar-refractivity contribution in [3.63, 3.8) is 0 Å². The highest BCUT2D eigenvalue weighted by Crippen LogP contribution is 2.27. The van der Waals surface area contributed by atoms with E-state index in [0.717, 1.165) is 18.2 Å². The van der Waals surface area contributed by atoms with E-state index in [1.165, 1.54) is 12.8 Å². The van der Waals surface area contributed by atoms with Crippen LogP contribution in [0.15, 0.2) is 10.5 Å². The van der Waals surface area contributed by atoms with Gasteiger partial charge in [0.1, 0.15) is 11.5 Å². The summed E-state index contributed by atoms with van der Waals surface area (Å²) in [6.07, 6.45) is 2.57. The normalized spacial score (nSPS) is 17.6. The van der Waals surface area contributed by atoms with Gasteiger partial charge in [-0.1, -0.05) is 0 Å². The summed E-state index contributed by atoms with van der Waals surface area (Å²) < 4.78 is 5.43.